The number of hydrogen-bond acceptors (Lipinski definition) is 3. The standard InChI is InChI=1S/C13H10F2N2O2.C2H6/c1-3-4-10(11-7-17-6-9(11)5-16)12-8(2)18-13(14,15)19-12;1-2/h3-4,6-7,17H,1H2,2H3;1-2H3/b10-4-;. The zero-order valence-corrected chi connectivity index (χ0v) is 12.0. The summed E-state index contributed by atoms with van der Waals surface area (Å²) in [6.07, 6.45) is 2.20. The van der Waals surface area contributed by atoms with Gasteiger partial charge in [-0.15, -0.1) is 8.78 Å². The number of hydrogen-bond donors (Lipinski definition) is 1. The lowest BCUT2D eigenvalue weighted by Gasteiger charge is -2.10. The minimum atomic E-state index is -3.69. The van der Waals surface area contributed by atoms with E-state index in [4.69, 9.17) is 5.26 Å². The lowest BCUT2D eigenvalue weighted by Crippen LogP contribution is -2.16. The molecule has 1 N–H and O–H groups in total. The number of nitriles is 1. The van der Waals surface area contributed by atoms with Crippen molar-refractivity contribution in [2.24, 2.45) is 0 Å². The first-order valence-corrected chi connectivity index (χ1v) is 6.35. The average Bonchev–Trinajstić information content (AvgIpc) is 3.02. The Kier molecular flexibility index (Phi) is 5.30. The molecular weight excluding hydrogens is 278 g/mol. The zero-order valence-electron chi connectivity index (χ0n) is 12.0. The number of aromatic nitrogens is 1. The highest BCUT2D eigenvalue weighted by molar-refractivity contribution is 5.81. The Bertz CT molecular complexity index is 622. The first-order chi connectivity index (χ1) is 9.98. The van der Waals surface area contributed by atoms with Crippen molar-refractivity contribution in [1.29, 1.82) is 5.26 Å². The second-order valence-electron chi connectivity index (χ2n) is 3.76. The molecule has 0 spiro atoms. The Hall–Kier alpha value is -2.55. The molecule has 0 aromatic carbocycles. The highest BCUT2D eigenvalue weighted by Gasteiger charge is 2.44. The molecule has 0 atom stereocenters. The molecule has 112 valence electrons. The summed E-state index contributed by atoms with van der Waals surface area (Å²) >= 11 is 0. The van der Waals surface area contributed by atoms with E-state index in [9.17, 15) is 8.78 Å². The number of rotatable bonds is 3. The molecule has 1 aromatic rings. The van der Waals surface area contributed by atoms with Crippen LogP contribution < -0.4 is 0 Å². The van der Waals surface area contributed by atoms with Gasteiger partial charge in [-0.1, -0.05) is 32.6 Å². The maximum atomic E-state index is 13.1. The van der Waals surface area contributed by atoms with Gasteiger partial charge in [0.1, 0.15) is 11.8 Å². The Morgan fingerprint density at radius 1 is 1.38 bits per heavy atom. The van der Waals surface area contributed by atoms with Gasteiger partial charge < -0.3 is 14.5 Å². The van der Waals surface area contributed by atoms with E-state index >= 15 is 0 Å². The number of H-pyrrole nitrogens is 1. The summed E-state index contributed by atoms with van der Waals surface area (Å²) in [5.41, 5.74) is 1.06. The van der Waals surface area contributed by atoms with Crippen LogP contribution in [0.25, 0.3) is 5.57 Å². The van der Waals surface area contributed by atoms with Crippen LogP contribution in [0.1, 0.15) is 31.9 Å². The predicted molar refractivity (Wildman–Crippen MR) is 74.8 cm³/mol. The van der Waals surface area contributed by atoms with E-state index < -0.39 is 6.29 Å². The van der Waals surface area contributed by atoms with Crippen LogP contribution in [0.4, 0.5) is 8.78 Å². The highest BCUT2D eigenvalue weighted by atomic mass is 19.3. The summed E-state index contributed by atoms with van der Waals surface area (Å²) in [5.74, 6) is -0.163. The maximum absolute atomic E-state index is 13.1. The van der Waals surface area contributed by atoms with Crippen molar-refractivity contribution in [3.05, 3.63) is 53.8 Å². The molecule has 0 saturated heterocycles. The zero-order chi connectivity index (χ0) is 16.0. The summed E-state index contributed by atoms with van der Waals surface area (Å²) in [5, 5.41) is 8.98. The third kappa shape index (κ3) is 3.51. The highest BCUT2D eigenvalue weighted by Crippen LogP contribution is 2.40. The molecule has 2 heterocycles. The number of alkyl halides is 2. The molecule has 0 unspecified atom stereocenters. The fourth-order valence-electron chi connectivity index (χ4n) is 1.77. The van der Waals surface area contributed by atoms with Crippen LogP contribution in [-0.4, -0.2) is 11.3 Å². The largest absolute Gasteiger partial charge is 0.585 e. The van der Waals surface area contributed by atoms with Crippen LogP contribution in [0.5, 0.6) is 0 Å². The fraction of sp³-hybridized carbons (Fsp3) is 0.267. The summed E-state index contributed by atoms with van der Waals surface area (Å²) in [6, 6.07) is 1.96. The second-order valence-corrected chi connectivity index (χ2v) is 3.76. The van der Waals surface area contributed by atoms with Crippen LogP contribution >= 0.6 is 0 Å². The van der Waals surface area contributed by atoms with Crippen LogP contribution in [0, 0.1) is 11.3 Å². The number of aromatic amines is 1. The Balaban J connectivity index is 0.00000106. The summed E-state index contributed by atoms with van der Waals surface area (Å²) in [4.78, 5) is 2.74. The second kappa shape index (κ2) is 6.75. The van der Waals surface area contributed by atoms with Crippen LogP contribution in [-0.2, 0) is 9.47 Å². The molecule has 0 bridgehead atoms. The summed E-state index contributed by atoms with van der Waals surface area (Å²) in [7, 11) is 0. The number of nitrogens with one attached hydrogen (secondary N) is 1. The Morgan fingerprint density at radius 2 is 2.05 bits per heavy atom. The normalized spacial score (nSPS) is 16.3. The number of ether oxygens (including phenoxy) is 2. The van der Waals surface area contributed by atoms with E-state index in [-0.39, 0.29) is 11.5 Å². The minimum absolute atomic E-state index is 0.0526. The van der Waals surface area contributed by atoms with Gasteiger partial charge in [0, 0.05) is 23.5 Å². The van der Waals surface area contributed by atoms with Crippen molar-refractivity contribution >= 4 is 5.57 Å². The van der Waals surface area contributed by atoms with Crippen molar-refractivity contribution in [2.45, 2.75) is 27.1 Å². The smallest absolute Gasteiger partial charge is 0.400 e. The molecule has 0 aliphatic carbocycles. The molecule has 0 amide bonds. The predicted octanol–water partition coefficient (Wildman–Crippen LogP) is 4.31. The summed E-state index contributed by atoms with van der Waals surface area (Å²) < 4.78 is 34.9. The van der Waals surface area contributed by atoms with E-state index in [2.05, 4.69) is 21.0 Å². The molecular formula is C15H16F2N2O2. The number of nitrogens with zero attached hydrogens (tertiary/aromatic N) is 1. The van der Waals surface area contributed by atoms with E-state index in [0.717, 1.165) is 0 Å². The van der Waals surface area contributed by atoms with E-state index in [1.165, 1.54) is 31.5 Å². The third-order valence-corrected chi connectivity index (χ3v) is 2.50. The van der Waals surface area contributed by atoms with E-state index in [0.29, 0.717) is 16.7 Å². The number of allylic oxidation sites excluding steroid dienone is 4. The van der Waals surface area contributed by atoms with Crippen LogP contribution in [0.2, 0.25) is 0 Å². The third-order valence-electron chi connectivity index (χ3n) is 2.50. The molecule has 1 aliphatic heterocycles. The van der Waals surface area contributed by atoms with Gasteiger partial charge in [0.05, 0.1) is 5.56 Å². The molecule has 1 aliphatic rings. The topological polar surface area (TPSA) is 58.0 Å². The Labute approximate surface area is 122 Å². The van der Waals surface area contributed by atoms with Gasteiger partial charge in [-0.2, -0.15) is 5.26 Å². The average molecular weight is 294 g/mol. The van der Waals surface area contributed by atoms with E-state index in [1.54, 1.807) is 0 Å². The van der Waals surface area contributed by atoms with Crippen LogP contribution in [0.3, 0.4) is 0 Å². The van der Waals surface area contributed by atoms with Crippen molar-refractivity contribution < 1.29 is 18.3 Å². The van der Waals surface area contributed by atoms with Crippen molar-refractivity contribution in [2.75, 3.05) is 0 Å². The van der Waals surface area contributed by atoms with Gasteiger partial charge in [-0.05, 0) is 6.92 Å². The molecule has 6 heteroatoms. The van der Waals surface area contributed by atoms with Crippen molar-refractivity contribution in [3.8, 4) is 6.07 Å². The molecule has 0 radical (unpaired) electrons. The van der Waals surface area contributed by atoms with Crippen molar-refractivity contribution in [3.63, 3.8) is 0 Å². The fourth-order valence-corrected chi connectivity index (χ4v) is 1.77. The number of halogens is 2. The minimum Gasteiger partial charge on any atom is -0.400 e. The molecule has 21 heavy (non-hydrogen) atoms. The first kappa shape index (κ1) is 16.5. The summed E-state index contributed by atoms with van der Waals surface area (Å²) in [6.45, 7) is 8.89. The van der Waals surface area contributed by atoms with Gasteiger partial charge in [0.2, 0.25) is 0 Å². The Morgan fingerprint density at radius 3 is 2.52 bits per heavy atom. The molecule has 0 fully saturated rings. The van der Waals surface area contributed by atoms with Gasteiger partial charge in [-0.3, -0.25) is 0 Å². The molecule has 2 rings (SSSR count). The van der Waals surface area contributed by atoms with Gasteiger partial charge in [-0.25, -0.2) is 0 Å². The SMILES string of the molecule is C=C/C=C(\C1=C(C)OC(F)(F)O1)c1c[nH]cc1C#N.CC. The molecule has 0 saturated carbocycles. The first-order valence-electron chi connectivity index (χ1n) is 6.35. The van der Waals surface area contributed by atoms with Crippen LogP contribution in [0.15, 0.2) is 42.6 Å². The molecule has 1 aromatic heterocycles. The van der Waals surface area contributed by atoms with Gasteiger partial charge >= 0.3 is 6.29 Å². The maximum Gasteiger partial charge on any atom is 0.585 e. The van der Waals surface area contributed by atoms with E-state index in [1.807, 2.05) is 19.9 Å². The van der Waals surface area contributed by atoms with Gasteiger partial charge in [0.15, 0.2) is 5.76 Å². The van der Waals surface area contributed by atoms with Crippen molar-refractivity contribution in [1.82, 2.24) is 4.98 Å². The lowest BCUT2D eigenvalue weighted by molar-refractivity contribution is -0.335. The lowest BCUT2D eigenvalue weighted by atomic mass is 10.0. The quantitative estimate of drug-likeness (QED) is 0.845. The monoisotopic (exact) mass is 294 g/mol. The molecule has 4 nitrogen and oxygen atoms in total. The van der Waals surface area contributed by atoms with Gasteiger partial charge in [0.25, 0.3) is 0 Å².